The Morgan fingerprint density at radius 3 is 2.39 bits per heavy atom. The first kappa shape index (κ1) is 20.9. The molecule has 1 atom stereocenters. The third kappa shape index (κ3) is 6.71. The summed E-state index contributed by atoms with van der Waals surface area (Å²) in [5, 5.41) is 4.71. The highest BCUT2D eigenvalue weighted by molar-refractivity contribution is 5.87. The van der Waals surface area contributed by atoms with Crippen molar-refractivity contribution in [2.24, 2.45) is 0 Å². The molecule has 0 aromatic heterocycles. The van der Waals surface area contributed by atoms with Crippen LogP contribution in [0.1, 0.15) is 11.1 Å². The van der Waals surface area contributed by atoms with E-state index >= 15 is 0 Å². The molecule has 0 aliphatic rings. The van der Waals surface area contributed by atoms with Crippen molar-refractivity contribution < 1.29 is 28.2 Å². The van der Waals surface area contributed by atoms with Crippen LogP contribution in [-0.4, -0.2) is 37.7 Å². The smallest absolute Gasteiger partial charge is 0.407 e. The molecule has 0 radical (unpaired) electrons. The van der Waals surface area contributed by atoms with Gasteiger partial charge in [-0.2, -0.15) is 0 Å². The minimum atomic E-state index is -1.09. The number of alkyl carbamates (subject to hydrolysis) is 1. The molecule has 2 aromatic rings. The number of ether oxygens (including phenoxy) is 2. The molecule has 0 spiro atoms. The Kier molecular flexibility index (Phi) is 7.95. The zero-order valence-corrected chi connectivity index (χ0v) is 15.3. The van der Waals surface area contributed by atoms with Crippen molar-refractivity contribution in [3.63, 3.8) is 0 Å². The van der Waals surface area contributed by atoms with Gasteiger partial charge in [0.1, 0.15) is 25.0 Å². The second-order valence-electron chi connectivity index (χ2n) is 5.85. The highest BCUT2D eigenvalue weighted by atomic mass is 19.1. The van der Waals surface area contributed by atoms with E-state index in [1.807, 2.05) is 18.2 Å². The number of carbonyl (C=O) groups is 3. The molecule has 0 aliphatic heterocycles. The number of carbonyl (C=O) groups excluding carboxylic acids is 3. The van der Waals surface area contributed by atoms with Crippen molar-refractivity contribution in [2.45, 2.75) is 19.1 Å². The van der Waals surface area contributed by atoms with Crippen LogP contribution in [0, 0.1) is 5.82 Å². The van der Waals surface area contributed by atoms with E-state index in [1.54, 1.807) is 18.2 Å². The van der Waals surface area contributed by atoms with Gasteiger partial charge in [-0.05, 0) is 17.2 Å². The summed E-state index contributed by atoms with van der Waals surface area (Å²) in [7, 11) is 1.17. The van der Waals surface area contributed by atoms with Gasteiger partial charge in [-0.15, -0.1) is 0 Å². The van der Waals surface area contributed by atoms with Crippen LogP contribution in [0.3, 0.4) is 0 Å². The first-order valence-electron chi connectivity index (χ1n) is 8.54. The van der Waals surface area contributed by atoms with Crippen molar-refractivity contribution in [1.29, 1.82) is 0 Å². The number of hydrogen-bond acceptors (Lipinski definition) is 5. The van der Waals surface area contributed by atoms with Crippen molar-refractivity contribution in [2.75, 3.05) is 13.7 Å². The fourth-order valence-corrected chi connectivity index (χ4v) is 2.39. The zero-order chi connectivity index (χ0) is 20.4. The molecule has 28 heavy (non-hydrogen) atoms. The normalized spacial score (nSPS) is 11.2. The van der Waals surface area contributed by atoms with Crippen LogP contribution >= 0.6 is 0 Å². The Morgan fingerprint density at radius 1 is 1.04 bits per heavy atom. The molecular formula is C20H21FN2O5. The molecule has 0 fully saturated rings. The summed E-state index contributed by atoms with van der Waals surface area (Å²) < 4.78 is 23.4. The van der Waals surface area contributed by atoms with Crippen molar-refractivity contribution in [3.8, 4) is 0 Å². The highest BCUT2D eigenvalue weighted by Gasteiger charge is 2.23. The Morgan fingerprint density at radius 2 is 1.71 bits per heavy atom. The van der Waals surface area contributed by atoms with Gasteiger partial charge in [-0.1, -0.05) is 48.5 Å². The minimum Gasteiger partial charge on any atom is -0.467 e. The maximum atomic E-state index is 13.8. The standard InChI is InChI=1S/C20H21FN2O5/c1-27-19(25)17(11-15-9-5-6-10-16(15)21)23-18(24)12-22-20(26)28-13-14-7-3-2-4-8-14/h2-10,17H,11-13H2,1H3,(H,22,26)(H,23,24)/t17-/m1/s1. The van der Waals surface area contributed by atoms with Crippen molar-refractivity contribution >= 4 is 18.0 Å². The maximum Gasteiger partial charge on any atom is 0.407 e. The van der Waals surface area contributed by atoms with Gasteiger partial charge < -0.3 is 20.1 Å². The van der Waals surface area contributed by atoms with Crippen molar-refractivity contribution in [1.82, 2.24) is 10.6 Å². The predicted molar refractivity (Wildman–Crippen MR) is 98.7 cm³/mol. The maximum absolute atomic E-state index is 13.8. The Balaban J connectivity index is 1.83. The van der Waals surface area contributed by atoms with Crippen LogP contribution in [0.25, 0.3) is 0 Å². The molecule has 148 valence electrons. The number of rotatable bonds is 8. The summed E-state index contributed by atoms with van der Waals surface area (Å²) in [6.45, 7) is -0.343. The van der Waals surface area contributed by atoms with E-state index in [9.17, 15) is 18.8 Å². The third-order valence-electron chi connectivity index (χ3n) is 3.81. The number of esters is 1. The van der Waals surface area contributed by atoms with Crippen LogP contribution < -0.4 is 10.6 Å². The minimum absolute atomic E-state index is 0.0619. The monoisotopic (exact) mass is 388 g/mol. The average Bonchev–Trinajstić information content (AvgIpc) is 2.72. The molecule has 2 rings (SSSR count). The van der Waals surface area contributed by atoms with Gasteiger partial charge in [0.25, 0.3) is 0 Å². The van der Waals surface area contributed by atoms with E-state index in [2.05, 4.69) is 15.4 Å². The molecule has 0 aliphatic carbocycles. The zero-order valence-electron chi connectivity index (χ0n) is 15.3. The number of benzene rings is 2. The fraction of sp³-hybridized carbons (Fsp3) is 0.250. The lowest BCUT2D eigenvalue weighted by Crippen LogP contribution is -2.47. The predicted octanol–water partition coefficient (Wildman–Crippen LogP) is 1.95. The van der Waals surface area contributed by atoms with Crippen LogP contribution in [0.4, 0.5) is 9.18 Å². The van der Waals surface area contributed by atoms with Crippen LogP contribution in [0.5, 0.6) is 0 Å². The summed E-state index contributed by atoms with van der Waals surface area (Å²) in [4.78, 5) is 35.6. The second-order valence-corrected chi connectivity index (χ2v) is 5.85. The van der Waals surface area contributed by atoms with E-state index in [0.717, 1.165) is 5.56 Å². The largest absolute Gasteiger partial charge is 0.467 e. The van der Waals surface area contributed by atoms with E-state index in [0.29, 0.717) is 0 Å². The average molecular weight is 388 g/mol. The van der Waals surface area contributed by atoms with Gasteiger partial charge in [0.2, 0.25) is 5.91 Å². The van der Waals surface area contributed by atoms with E-state index in [-0.39, 0.29) is 18.6 Å². The van der Waals surface area contributed by atoms with E-state index in [4.69, 9.17) is 4.74 Å². The lowest BCUT2D eigenvalue weighted by atomic mass is 10.1. The van der Waals surface area contributed by atoms with Gasteiger partial charge in [-0.25, -0.2) is 14.0 Å². The molecule has 2 aromatic carbocycles. The van der Waals surface area contributed by atoms with Gasteiger partial charge in [0.05, 0.1) is 7.11 Å². The quantitative estimate of drug-likeness (QED) is 0.675. The van der Waals surface area contributed by atoms with E-state index < -0.39 is 36.4 Å². The third-order valence-corrected chi connectivity index (χ3v) is 3.81. The van der Waals surface area contributed by atoms with Gasteiger partial charge in [-0.3, -0.25) is 4.79 Å². The number of methoxy groups -OCH3 is 1. The topological polar surface area (TPSA) is 93.7 Å². The molecule has 7 nitrogen and oxygen atoms in total. The van der Waals surface area contributed by atoms with Gasteiger partial charge in [0, 0.05) is 6.42 Å². The number of nitrogens with one attached hydrogen (secondary N) is 2. The molecule has 0 unspecified atom stereocenters. The van der Waals surface area contributed by atoms with Gasteiger partial charge >= 0.3 is 12.1 Å². The molecule has 2 amide bonds. The summed E-state index contributed by atoms with van der Waals surface area (Å²) in [6.07, 6.45) is -0.855. The van der Waals surface area contributed by atoms with Crippen LogP contribution in [0.15, 0.2) is 54.6 Å². The number of amides is 2. The summed E-state index contributed by atoms with van der Waals surface area (Å²) >= 11 is 0. The molecule has 8 heteroatoms. The number of hydrogen-bond donors (Lipinski definition) is 2. The summed E-state index contributed by atoms with van der Waals surface area (Å²) in [6, 6.07) is 13.9. The molecule has 0 bridgehead atoms. The Hall–Kier alpha value is -3.42. The van der Waals surface area contributed by atoms with Crippen LogP contribution in [0.2, 0.25) is 0 Å². The highest BCUT2D eigenvalue weighted by Crippen LogP contribution is 2.10. The summed E-state index contributed by atoms with van der Waals surface area (Å²) in [5.41, 5.74) is 1.06. The first-order valence-corrected chi connectivity index (χ1v) is 8.54. The molecule has 0 heterocycles. The van der Waals surface area contributed by atoms with Crippen LogP contribution in [-0.2, 0) is 32.1 Å². The van der Waals surface area contributed by atoms with E-state index in [1.165, 1.54) is 25.3 Å². The fourth-order valence-electron chi connectivity index (χ4n) is 2.39. The molecule has 0 saturated carbocycles. The Bertz CT molecular complexity index is 813. The number of halogens is 1. The Labute approximate surface area is 161 Å². The lowest BCUT2D eigenvalue weighted by molar-refractivity contribution is -0.144. The lowest BCUT2D eigenvalue weighted by Gasteiger charge is -2.17. The second kappa shape index (κ2) is 10.7. The summed E-state index contributed by atoms with van der Waals surface area (Å²) in [5.74, 6) is -1.85. The van der Waals surface area contributed by atoms with Crippen molar-refractivity contribution in [3.05, 3.63) is 71.5 Å². The first-order chi connectivity index (χ1) is 13.5. The molecular weight excluding hydrogens is 367 g/mol. The molecule has 2 N–H and O–H groups in total. The molecule has 0 saturated heterocycles. The van der Waals surface area contributed by atoms with Gasteiger partial charge in [0.15, 0.2) is 0 Å². The SMILES string of the molecule is COC(=O)[C@@H](Cc1ccccc1F)NC(=O)CNC(=O)OCc1ccccc1.